The quantitative estimate of drug-likeness (QED) is 0.775. The molecule has 6 heteroatoms. The highest BCUT2D eigenvalue weighted by Crippen LogP contribution is 2.34. The minimum atomic E-state index is 0.179. The molecule has 23 heavy (non-hydrogen) atoms. The van der Waals surface area contributed by atoms with Gasteiger partial charge in [-0.25, -0.2) is 0 Å². The zero-order chi connectivity index (χ0) is 15.8. The van der Waals surface area contributed by atoms with Gasteiger partial charge in [0.2, 0.25) is 0 Å². The smallest absolute Gasteiger partial charge is 0.270 e. The summed E-state index contributed by atoms with van der Waals surface area (Å²) in [6.45, 7) is 3.40. The summed E-state index contributed by atoms with van der Waals surface area (Å²) in [5.41, 5.74) is 1.98. The van der Waals surface area contributed by atoms with Crippen LogP contribution >= 0.6 is 27.3 Å². The van der Waals surface area contributed by atoms with E-state index in [-0.39, 0.29) is 12.0 Å². The molecule has 0 radical (unpaired) electrons. The fraction of sp³-hybridized carbons (Fsp3) is 0.588. The van der Waals surface area contributed by atoms with Crippen molar-refractivity contribution in [2.24, 2.45) is 0 Å². The van der Waals surface area contributed by atoms with E-state index >= 15 is 0 Å². The Morgan fingerprint density at radius 1 is 1.26 bits per heavy atom. The number of rotatable bonds is 3. The second kappa shape index (κ2) is 6.57. The molecule has 0 saturated carbocycles. The van der Waals surface area contributed by atoms with Crippen molar-refractivity contribution in [3.63, 3.8) is 0 Å². The van der Waals surface area contributed by atoms with Crippen LogP contribution in [0.2, 0.25) is 0 Å². The molecule has 0 aromatic carbocycles. The van der Waals surface area contributed by atoms with Crippen molar-refractivity contribution in [3.8, 4) is 0 Å². The molecule has 0 spiro atoms. The van der Waals surface area contributed by atoms with Gasteiger partial charge < -0.3 is 14.2 Å². The van der Waals surface area contributed by atoms with Crippen molar-refractivity contribution in [2.75, 3.05) is 19.7 Å². The number of carbonyl (C=O) groups excluding carboxylic acids is 1. The number of nitrogens with zero attached hydrogens (tertiary/aromatic N) is 2. The van der Waals surface area contributed by atoms with Crippen molar-refractivity contribution in [2.45, 2.75) is 44.8 Å². The fourth-order valence-corrected chi connectivity index (χ4v) is 5.19. The number of hydrogen-bond donors (Lipinski definition) is 0. The van der Waals surface area contributed by atoms with E-state index in [0.29, 0.717) is 0 Å². The third-order valence-corrected chi connectivity index (χ3v) is 6.41. The maximum atomic E-state index is 12.9. The SMILES string of the molecule is O=C(c1cc2sc(Br)cc2n1C[C@@H]1CCCCO1)N1CCCC1. The molecule has 1 amide bonds. The average molecular weight is 397 g/mol. The van der Waals surface area contributed by atoms with Crippen LogP contribution in [-0.4, -0.2) is 41.2 Å². The first-order chi connectivity index (χ1) is 11.2. The van der Waals surface area contributed by atoms with Gasteiger partial charge in [-0.1, -0.05) is 0 Å². The van der Waals surface area contributed by atoms with E-state index in [1.165, 1.54) is 11.1 Å². The van der Waals surface area contributed by atoms with Gasteiger partial charge >= 0.3 is 0 Å². The Balaban J connectivity index is 1.68. The van der Waals surface area contributed by atoms with Crippen LogP contribution in [-0.2, 0) is 11.3 Å². The third-order valence-electron chi connectivity index (χ3n) is 4.83. The van der Waals surface area contributed by atoms with Crippen LogP contribution in [0.3, 0.4) is 0 Å². The molecule has 2 aromatic rings. The molecule has 124 valence electrons. The number of amides is 1. The molecule has 2 aromatic heterocycles. The fourth-order valence-electron chi connectivity index (χ4n) is 3.62. The summed E-state index contributed by atoms with van der Waals surface area (Å²) < 4.78 is 10.4. The second-order valence-corrected chi connectivity index (χ2v) is 8.89. The molecule has 4 heterocycles. The van der Waals surface area contributed by atoms with Gasteiger partial charge in [-0.2, -0.15) is 0 Å². The van der Waals surface area contributed by atoms with E-state index < -0.39 is 0 Å². The Morgan fingerprint density at radius 3 is 2.83 bits per heavy atom. The normalized spacial score (nSPS) is 22.1. The van der Waals surface area contributed by atoms with Gasteiger partial charge in [-0.3, -0.25) is 4.79 Å². The predicted molar refractivity (Wildman–Crippen MR) is 96.2 cm³/mol. The monoisotopic (exact) mass is 396 g/mol. The zero-order valence-corrected chi connectivity index (χ0v) is 15.5. The maximum absolute atomic E-state index is 12.9. The van der Waals surface area contributed by atoms with Gasteiger partial charge in [0.1, 0.15) is 5.69 Å². The van der Waals surface area contributed by atoms with Gasteiger partial charge in [-0.15, -0.1) is 11.3 Å². The summed E-state index contributed by atoms with van der Waals surface area (Å²) in [4.78, 5) is 14.9. The predicted octanol–water partition coefficient (Wildman–Crippen LogP) is 4.27. The van der Waals surface area contributed by atoms with Crippen LogP contribution in [0.1, 0.15) is 42.6 Å². The number of ether oxygens (including phenoxy) is 1. The second-order valence-electron chi connectivity index (χ2n) is 6.43. The molecule has 0 aliphatic carbocycles. The molecule has 4 nitrogen and oxygen atoms in total. The number of likely N-dealkylation sites (tertiary alicyclic amines) is 1. The lowest BCUT2D eigenvalue weighted by Gasteiger charge is -2.25. The summed E-state index contributed by atoms with van der Waals surface area (Å²) in [5, 5.41) is 0. The lowest BCUT2D eigenvalue weighted by Crippen LogP contribution is -2.31. The Bertz CT molecular complexity index is 712. The summed E-state index contributed by atoms with van der Waals surface area (Å²) in [7, 11) is 0. The van der Waals surface area contributed by atoms with E-state index in [0.717, 1.165) is 66.9 Å². The molecule has 1 atom stereocenters. The van der Waals surface area contributed by atoms with Crippen LogP contribution in [0.4, 0.5) is 0 Å². The van der Waals surface area contributed by atoms with Crippen molar-refractivity contribution >= 4 is 43.4 Å². The first-order valence-electron chi connectivity index (χ1n) is 8.42. The summed E-state index contributed by atoms with van der Waals surface area (Å²) in [6.07, 6.45) is 5.93. The van der Waals surface area contributed by atoms with E-state index in [9.17, 15) is 4.79 Å². The van der Waals surface area contributed by atoms with Gasteiger partial charge in [-0.05, 0) is 60.2 Å². The Labute approximate surface area is 148 Å². The molecule has 2 fully saturated rings. The van der Waals surface area contributed by atoms with E-state index in [2.05, 4.69) is 32.6 Å². The van der Waals surface area contributed by atoms with Gasteiger partial charge in [0, 0.05) is 26.2 Å². The number of carbonyl (C=O) groups is 1. The van der Waals surface area contributed by atoms with Crippen LogP contribution in [0, 0.1) is 0 Å². The van der Waals surface area contributed by atoms with Gasteiger partial charge in [0.05, 0.1) is 20.1 Å². The minimum absolute atomic E-state index is 0.179. The largest absolute Gasteiger partial charge is 0.376 e. The number of thiophene rings is 1. The topological polar surface area (TPSA) is 34.5 Å². The number of aromatic nitrogens is 1. The van der Waals surface area contributed by atoms with E-state index in [1.54, 1.807) is 11.3 Å². The minimum Gasteiger partial charge on any atom is -0.376 e. The van der Waals surface area contributed by atoms with Crippen LogP contribution < -0.4 is 0 Å². The lowest BCUT2D eigenvalue weighted by atomic mass is 10.1. The molecule has 0 bridgehead atoms. The van der Waals surface area contributed by atoms with E-state index in [4.69, 9.17) is 4.74 Å². The summed E-state index contributed by atoms with van der Waals surface area (Å²) in [6, 6.07) is 4.19. The highest BCUT2D eigenvalue weighted by atomic mass is 79.9. The Hall–Kier alpha value is -0.850. The molecule has 0 unspecified atom stereocenters. The molecule has 2 aliphatic rings. The Morgan fingerprint density at radius 2 is 2.09 bits per heavy atom. The molecular formula is C17H21BrN2O2S. The molecular weight excluding hydrogens is 376 g/mol. The number of halogens is 1. The van der Waals surface area contributed by atoms with Crippen molar-refractivity contribution in [1.29, 1.82) is 0 Å². The Kier molecular flexibility index (Phi) is 4.48. The van der Waals surface area contributed by atoms with Crippen LogP contribution in [0.15, 0.2) is 15.9 Å². The molecule has 0 N–H and O–H groups in total. The van der Waals surface area contributed by atoms with Crippen LogP contribution in [0.5, 0.6) is 0 Å². The first kappa shape index (κ1) is 15.7. The standard InChI is InChI=1S/C17H21BrN2O2S/c18-16-10-13-15(23-16)9-14(17(21)19-6-2-3-7-19)20(13)11-12-5-1-4-8-22-12/h9-10,12H,1-8,11H2/t12-/m0/s1. The van der Waals surface area contributed by atoms with Crippen molar-refractivity contribution < 1.29 is 9.53 Å². The number of fused-ring (bicyclic) bond motifs is 1. The summed E-state index contributed by atoms with van der Waals surface area (Å²) >= 11 is 5.26. The number of hydrogen-bond acceptors (Lipinski definition) is 3. The molecule has 2 saturated heterocycles. The third kappa shape index (κ3) is 3.08. The van der Waals surface area contributed by atoms with Crippen molar-refractivity contribution in [3.05, 3.63) is 21.6 Å². The highest BCUT2D eigenvalue weighted by molar-refractivity contribution is 9.11. The molecule has 4 rings (SSSR count). The lowest BCUT2D eigenvalue weighted by molar-refractivity contribution is 0.00624. The van der Waals surface area contributed by atoms with Crippen molar-refractivity contribution in [1.82, 2.24) is 9.47 Å². The zero-order valence-electron chi connectivity index (χ0n) is 13.1. The van der Waals surface area contributed by atoms with Crippen LogP contribution in [0.25, 0.3) is 10.2 Å². The first-order valence-corrected chi connectivity index (χ1v) is 10.0. The maximum Gasteiger partial charge on any atom is 0.270 e. The average Bonchev–Trinajstić information content (AvgIpc) is 3.26. The highest BCUT2D eigenvalue weighted by Gasteiger charge is 2.26. The van der Waals surface area contributed by atoms with Gasteiger partial charge in [0.25, 0.3) is 5.91 Å². The summed E-state index contributed by atoms with van der Waals surface area (Å²) in [5.74, 6) is 0.179. The van der Waals surface area contributed by atoms with Gasteiger partial charge in [0.15, 0.2) is 0 Å². The van der Waals surface area contributed by atoms with E-state index in [1.807, 2.05) is 4.90 Å². The molecule has 2 aliphatic heterocycles.